The molecular weight excluding hydrogens is 305 g/mol. The maximum atomic E-state index is 13.0. The summed E-state index contributed by atoms with van der Waals surface area (Å²) in [5.74, 6) is -0.206. The van der Waals surface area contributed by atoms with Gasteiger partial charge in [-0.05, 0) is 36.7 Å². The van der Waals surface area contributed by atoms with Crippen LogP contribution >= 0.6 is 15.9 Å². The van der Waals surface area contributed by atoms with Gasteiger partial charge in [-0.1, -0.05) is 52.3 Å². The third-order valence-electron chi connectivity index (χ3n) is 3.08. The van der Waals surface area contributed by atoms with Crippen molar-refractivity contribution in [1.82, 2.24) is 4.90 Å². The summed E-state index contributed by atoms with van der Waals surface area (Å²) in [5.41, 5.74) is 2.45. The molecule has 100 valence electrons. The number of rotatable bonds is 5. The summed E-state index contributed by atoms with van der Waals surface area (Å²) in [4.78, 5) is 2.24. The zero-order chi connectivity index (χ0) is 13.7. The van der Waals surface area contributed by atoms with Crippen LogP contribution < -0.4 is 0 Å². The highest BCUT2D eigenvalue weighted by atomic mass is 79.9. The van der Waals surface area contributed by atoms with Crippen molar-refractivity contribution in [3.05, 3.63) is 69.9 Å². The summed E-state index contributed by atoms with van der Waals surface area (Å²) in [6.45, 7) is 1.79. The van der Waals surface area contributed by atoms with Gasteiger partial charge in [0.05, 0.1) is 0 Å². The molecular formula is C16H17BrFN. The Morgan fingerprint density at radius 3 is 2.53 bits per heavy atom. The highest BCUT2D eigenvalue weighted by molar-refractivity contribution is 9.10. The fourth-order valence-corrected chi connectivity index (χ4v) is 2.46. The molecule has 0 aliphatic heterocycles. The lowest BCUT2D eigenvalue weighted by Gasteiger charge is -2.17. The summed E-state index contributed by atoms with van der Waals surface area (Å²) < 4.78 is 13.8. The molecule has 1 nitrogen and oxygen atoms in total. The van der Waals surface area contributed by atoms with E-state index in [0.29, 0.717) is 0 Å². The van der Waals surface area contributed by atoms with E-state index in [9.17, 15) is 4.39 Å². The molecule has 3 heteroatoms. The van der Waals surface area contributed by atoms with Crippen LogP contribution in [0.1, 0.15) is 11.1 Å². The second-order valence-electron chi connectivity index (χ2n) is 4.71. The second kappa shape index (κ2) is 6.83. The third-order valence-corrected chi connectivity index (χ3v) is 3.82. The minimum absolute atomic E-state index is 0.206. The summed E-state index contributed by atoms with van der Waals surface area (Å²) in [7, 11) is 2.08. The van der Waals surface area contributed by atoms with E-state index in [1.54, 1.807) is 0 Å². The molecule has 0 amide bonds. The minimum atomic E-state index is -0.206. The molecule has 2 rings (SSSR count). The first-order valence-electron chi connectivity index (χ1n) is 6.31. The first-order valence-corrected chi connectivity index (χ1v) is 7.11. The van der Waals surface area contributed by atoms with E-state index in [-0.39, 0.29) is 5.82 Å². The van der Waals surface area contributed by atoms with Gasteiger partial charge in [-0.3, -0.25) is 0 Å². The van der Waals surface area contributed by atoms with Crippen LogP contribution in [0.5, 0.6) is 0 Å². The van der Waals surface area contributed by atoms with Crippen LogP contribution in [0.15, 0.2) is 53.0 Å². The van der Waals surface area contributed by atoms with Gasteiger partial charge in [0.15, 0.2) is 0 Å². The lowest BCUT2D eigenvalue weighted by atomic mass is 10.1. The molecule has 0 aromatic heterocycles. The van der Waals surface area contributed by atoms with Crippen molar-refractivity contribution in [2.24, 2.45) is 0 Å². The Balaban J connectivity index is 1.89. The predicted octanol–water partition coefficient (Wildman–Crippen LogP) is 4.26. The van der Waals surface area contributed by atoms with Crippen molar-refractivity contribution in [2.45, 2.75) is 13.0 Å². The molecule has 2 aromatic carbocycles. The van der Waals surface area contributed by atoms with Gasteiger partial charge in [0.1, 0.15) is 5.82 Å². The molecule has 19 heavy (non-hydrogen) atoms. The number of likely N-dealkylation sites (N-methyl/N-ethyl adjacent to an activating group) is 1. The first kappa shape index (κ1) is 14.2. The molecule has 0 aliphatic rings. The van der Waals surface area contributed by atoms with E-state index in [1.165, 1.54) is 17.7 Å². The van der Waals surface area contributed by atoms with Crippen LogP contribution in [0.4, 0.5) is 4.39 Å². The van der Waals surface area contributed by atoms with Crippen LogP contribution in [0.3, 0.4) is 0 Å². The average molecular weight is 322 g/mol. The fourth-order valence-electron chi connectivity index (χ4n) is 1.98. The number of halogens is 2. The van der Waals surface area contributed by atoms with Gasteiger partial charge >= 0.3 is 0 Å². The highest BCUT2D eigenvalue weighted by Gasteiger charge is 2.05. The molecule has 0 unspecified atom stereocenters. The van der Waals surface area contributed by atoms with E-state index in [4.69, 9.17) is 0 Å². The zero-order valence-corrected chi connectivity index (χ0v) is 12.5. The molecule has 0 saturated heterocycles. The summed E-state index contributed by atoms with van der Waals surface area (Å²) in [6.07, 6.45) is 1.02. The number of hydrogen-bond donors (Lipinski definition) is 0. The molecule has 0 heterocycles. The normalized spacial score (nSPS) is 10.9. The minimum Gasteiger partial charge on any atom is -0.302 e. The van der Waals surface area contributed by atoms with Crippen molar-refractivity contribution in [3.63, 3.8) is 0 Å². The Labute approximate surface area is 122 Å². The Bertz CT molecular complexity index is 528. The Morgan fingerprint density at radius 1 is 1.11 bits per heavy atom. The standard InChI is InChI=1S/C16H17BrFN/c1-19(10-9-13-5-3-2-4-6-13)12-14-7-8-15(18)11-16(14)17/h2-8,11H,9-10,12H2,1H3. The van der Waals surface area contributed by atoms with Gasteiger partial charge in [-0.25, -0.2) is 4.39 Å². The maximum Gasteiger partial charge on any atom is 0.124 e. The van der Waals surface area contributed by atoms with Crippen LogP contribution in [-0.4, -0.2) is 18.5 Å². The topological polar surface area (TPSA) is 3.24 Å². The van der Waals surface area contributed by atoms with Crippen LogP contribution in [-0.2, 0) is 13.0 Å². The third kappa shape index (κ3) is 4.44. The van der Waals surface area contributed by atoms with Crippen LogP contribution in [0.2, 0.25) is 0 Å². The monoisotopic (exact) mass is 321 g/mol. The molecule has 2 aromatic rings. The van der Waals surface area contributed by atoms with Gasteiger partial charge in [-0.2, -0.15) is 0 Å². The van der Waals surface area contributed by atoms with E-state index in [2.05, 4.69) is 52.1 Å². The largest absolute Gasteiger partial charge is 0.302 e. The van der Waals surface area contributed by atoms with Crippen molar-refractivity contribution >= 4 is 15.9 Å². The fraction of sp³-hybridized carbons (Fsp3) is 0.250. The summed E-state index contributed by atoms with van der Waals surface area (Å²) in [5, 5.41) is 0. The highest BCUT2D eigenvalue weighted by Crippen LogP contribution is 2.19. The number of nitrogens with zero attached hydrogens (tertiary/aromatic N) is 1. The molecule has 0 atom stereocenters. The van der Waals surface area contributed by atoms with Gasteiger partial charge in [-0.15, -0.1) is 0 Å². The maximum absolute atomic E-state index is 13.0. The molecule has 0 saturated carbocycles. The lowest BCUT2D eigenvalue weighted by molar-refractivity contribution is 0.330. The van der Waals surface area contributed by atoms with Gasteiger partial charge < -0.3 is 4.90 Å². The van der Waals surface area contributed by atoms with Crippen molar-refractivity contribution in [2.75, 3.05) is 13.6 Å². The SMILES string of the molecule is CN(CCc1ccccc1)Cc1ccc(F)cc1Br. The molecule has 0 aliphatic carbocycles. The first-order chi connectivity index (χ1) is 9.15. The Morgan fingerprint density at radius 2 is 1.84 bits per heavy atom. The van der Waals surface area contributed by atoms with E-state index >= 15 is 0 Å². The lowest BCUT2D eigenvalue weighted by Crippen LogP contribution is -2.21. The number of benzene rings is 2. The Kier molecular flexibility index (Phi) is 5.11. The molecule has 0 spiro atoms. The van der Waals surface area contributed by atoms with E-state index < -0.39 is 0 Å². The van der Waals surface area contributed by atoms with Crippen molar-refractivity contribution in [3.8, 4) is 0 Å². The summed E-state index contributed by atoms with van der Waals surface area (Å²) in [6, 6.07) is 15.3. The molecule has 0 fully saturated rings. The molecule has 0 N–H and O–H groups in total. The smallest absolute Gasteiger partial charge is 0.124 e. The van der Waals surface area contributed by atoms with E-state index in [1.807, 2.05) is 12.1 Å². The average Bonchev–Trinajstić information content (AvgIpc) is 2.41. The van der Waals surface area contributed by atoms with Crippen molar-refractivity contribution < 1.29 is 4.39 Å². The molecule has 0 bridgehead atoms. The van der Waals surface area contributed by atoms with Crippen LogP contribution in [0, 0.1) is 5.82 Å². The predicted molar refractivity (Wildman–Crippen MR) is 80.6 cm³/mol. The quantitative estimate of drug-likeness (QED) is 0.795. The van der Waals surface area contributed by atoms with Crippen LogP contribution in [0.25, 0.3) is 0 Å². The summed E-state index contributed by atoms with van der Waals surface area (Å²) >= 11 is 3.40. The second-order valence-corrected chi connectivity index (χ2v) is 5.56. The van der Waals surface area contributed by atoms with Gasteiger partial charge in [0.2, 0.25) is 0 Å². The van der Waals surface area contributed by atoms with E-state index in [0.717, 1.165) is 29.5 Å². The molecule has 0 radical (unpaired) electrons. The number of hydrogen-bond acceptors (Lipinski definition) is 1. The van der Waals surface area contributed by atoms with Gasteiger partial charge in [0, 0.05) is 17.6 Å². The van der Waals surface area contributed by atoms with Gasteiger partial charge in [0.25, 0.3) is 0 Å². The van der Waals surface area contributed by atoms with Crippen molar-refractivity contribution in [1.29, 1.82) is 0 Å². The Hall–Kier alpha value is -1.19. The zero-order valence-electron chi connectivity index (χ0n) is 10.9.